The maximum atomic E-state index is 13.1. The van der Waals surface area contributed by atoms with Crippen molar-refractivity contribution in [3.05, 3.63) is 86.6 Å². The fourth-order valence-corrected chi connectivity index (χ4v) is 5.60. The summed E-state index contributed by atoms with van der Waals surface area (Å²) in [6, 6.07) is 14.3. The lowest BCUT2D eigenvalue weighted by molar-refractivity contribution is 0.0642. The monoisotopic (exact) mass is 489 g/mol. The standard InChI is InChI=1S/C27H27N3O4S/c1-17(29-11-9-24-19(16-29)10-12-35-24)14-28-25(31)22-13-18(7-8-23(22)34-2)15-30-26(32)20-5-3-4-6-21(20)27(30)33/h3-8,10,12-13,17H,9,11,14-16H2,1-2H3,(H,28,31). The van der Waals surface area contributed by atoms with E-state index in [2.05, 4.69) is 28.6 Å². The molecule has 35 heavy (non-hydrogen) atoms. The smallest absolute Gasteiger partial charge is 0.261 e. The number of fused-ring (bicyclic) bond motifs is 2. The first-order valence-corrected chi connectivity index (χ1v) is 12.5. The van der Waals surface area contributed by atoms with Crippen LogP contribution < -0.4 is 10.1 Å². The molecule has 2 aliphatic heterocycles. The number of thiophene rings is 1. The molecule has 5 rings (SSSR count). The van der Waals surface area contributed by atoms with Gasteiger partial charge in [-0.15, -0.1) is 11.3 Å². The van der Waals surface area contributed by atoms with Crippen LogP contribution in [0.25, 0.3) is 0 Å². The molecule has 0 spiro atoms. The van der Waals surface area contributed by atoms with Gasteiger partial charge >= 0.3 is 0 Å². The highest BCUT2D eigenvalue weighted by Crippen LogP contribution is 2.27. The molecule has 0 radical (unpaired) electrons. The van der Waals surface area contributed by atoms with Gasteiger partial charge in [0.2, 0.25) is 0 Å². The molecule has 3 aromatic rings. The van der Waals surface area contributed by atoms with Gasteiger partial charge in [0.25, 0.3) is 17.7 Å². The van der Waals surface area contributed by atoms with Crippen LogP contribution in [0, 0.1) is 0 Å². The zero-order valence-electron chi connectivity index (χ0n) is 19.7. The molecule has 0 aliphatic carbocycles. The third-order valence-electron chi connectivity index (χ3n) is 6.75. The maximum absolute atomic E-state index is 13.1. The Bertz CT molecular complexity index is 1270. The van der Waals surface area contributed by atoms with Crippen molar-refractivity contribution in [2.75, 3.05) is 20.2 Å². The minimum atomic E-state index is -0.323. The molecule has 180 valence electrons. The molecular formula is C27H27N3O4S. The van der Waals surface area contributed by atoms with Gasteiger partial charge in [0.15, 0.2) is 0 Å². The number of hydrogen-bond donors (Lipinski definition) is 1. The second-order valence-corrected chi connectivity index (χ2v) is 9.93. The molecule has 3 amide bonds. The first kappa shape index (κ1) is 23.3. The average Bonchev–Trinajstić information content (AvgIpc) is 3.45. The highest BCUT2D eigenvalue weighted by Gasteiger charge is 2.35. The molecule has 0 fully saturated rings. The van der Waals surface area contributed by atoms with Gasteiger partial charge in [-0.2, -0.15) is 0 Å². The zero-order chi connectivity index (χ0) is 24.5. The molecular weight excluding hydrogens is 462 g/mol. The fourth-order valence-electron chi connectivity index (χ4n) is 4.71. The van der Waals surface area contributed by atoms with Gasteiger partial charge in [-0.25, -0.2) is 0 Å². The van der Waals surface area contributed by atoms with Crippen LogP contribution in [0.4, 0.5) is 0 Å². The summed E-state index contributed by atoms with van der Waals surface area (Å²) in [7, 11) is 1.52. The van der Waals surface area contributed by atoms with Gasteiger partial charge in [0.05, 0.1) is 30.3 Å². The van der Waals surface area contributed by atoms with Gasteiger partial charge in [0, 0.05) is 30.6 Å². The number of hydrogen-bond acceptors (Lipinski definition) is 6. The van der Waals surface area contributed by atoms with E-state index in [0.717, 1.165) is 19.5 Å². The maximum Gasteiger partial charge on any atom is 0.261 e. The number of nitrogens with one attached hydrogen (secondary N) is 1. The molecule has 0 saturated carbocycles. The van der Waals surface area contributed by atoms with E-state index < -0.39 is 0 Å². The highest BCUT2D eigenvalue weighted by atomic mass is 32.1. The lowest BCUT2D eigenvalue weighted by atomic mass is 10.1. The minimum absolute atomic E-state index is 0.0871. The Balaban J connectivity index is 1.26. The molecule has 1 aromatic heterocycles. The summed E-state index contributed by atoms with van der Waals surface area (Å²) >= 11 is 1.81. The first-order valence-electron chi connectivity index (χ1n) is 11.7. The van der Waals surface area contributed by atoms with Crippen molar-refractivity contribution in [3.63, 3.8) is 0 Å². The number of nitrogens with zero attached hydrogens (tertiary/aromatic N) is 2. The van der Waals surface area contributed by atoms with Crippen LogP contribution in [0.2, 0.25) is 0 Å². The predicted octanol–water partition coefficient (Wildman–Crippen LogP) is 3.73. The van der Waals surface area contributed by atoms with Gasteiger partial charge < -0.3 is 10.1 Å². The Morgan fingerprint density at radius 3 is 2.57 bits per heavy atom. The fraction of sp³-hybridized carbons (Fsp3) is 0.296. The van der Waals surface area contributed by atoms with E-state index in [1.807, 2.05) is 11.3 Å². The largest absolute Gasteiger partial charge is 0.496 e. The van der Waals surface area contributed by atoms with Gasteiger partial charge in [0.1, 0.15) is 5.75 Å². The van der Waals surface area contributed by atoms with Crippen LogP contribution in [0.15, 0.2) is 53.9 Å². The van der Waals surface area contributed by atoms with Crippen LogP contribution in [0.1, 0.15) is 54.0 Å². The third-order valence-corrected chi connectivity index (χ3v) is 7.77. The van der Waals surface area contributed by atoms with Crippen LogP contribution in [-0.4, -0.2) is 53.8 Å². The molecule has 1 N–H and O–H groups in total. The number of rotatable bonds is 7. The Kier molecular flexibility index (Phi) is 6.40. The number of carbonyl (C=O) groups is 3. The Morgan fingerprint density at radius 2 is 1.86 bits per heavy atom. The van der Waals surface area contributed by atoms with E-state index in [-0.39, 0.29) is 30.3 Å². The number of benzene rings is 2. The van der Waals surface area contributed by atoms with Crippen molar-refractivity contribution in [1.82, 2.24) is 15.1 Å². The molecule has 0 saturated heterocycles. The summed E-state index contributed by atoms with van der Waals surface area (Å²) in [5.74, 6) is -0.443. The molecule has 2 aliphatic rings. The number of imide groups is 1. The van der Waals surface area contributed by atoms with E-state index in [1.54, 1.807) is 42.5 Å². The normalized spacial score (nSPS) is 16.1. The Hall–Kier alpha value is -3.49. The van der Waals surface area contributed by atoms with Crippen LogP contribution in [0.3, 0.4) is 0 Å². The van der Waals surface area contributed by atoms with Crippen molar-refractivity contribution >= 4 is 29.1 Å². The van der Waals surface area contributed by atoms with Crippen molar-refractivity contribution in [3.8, 4) is 5.75 Å². The van der Waals surface area contributed by atoms with E-state index in [4.69, 9.17) is 4.74 Å². The number of ether oxygens (including phenoxy) is 1. The van der Waals surface area contributed by atoms with Crippen LogP contribution >= 0.6 is 11.3 Å². The van der Waals surface area contributed by atoms with E-state index >= 15 is 0 Å². The lowest BCUT2D eigenvalue weighted by Crippen LogP contribution is -2.44. The SMILES string of the molecule is COc1ccc(CN2C(=O)c3ccccc3C2=O)cc1C(=O)NCC(C)N1CCc2sccc2C1. The van der Waals surface area contributed by atoms with Crippen LogP contribution in [0.5, 0.6) is 5.75 Å². The highest BCUT2D eigenvalue weighted by molar-refractivity contribution is 7.10. The van der Waals surface area contributed by atoms with E-state index in [0.29, 0.717) is 34.5 Å². The first-order chi connectivity index (χ1) is 17.0. The molecule has 0 bridgehead atoms. The molecule has 3 heterocycles. The molecule has 8 heteroatoms. The van der Waals surface area contributed by atoms with Crippen molar-refractivity contribution in [1.29, 1.82) is 0 Å². The van der Waals surface area contributed by atoms with Gasteiger partial charge in [-0.3, -0.25) is 24.2 Å². The predicted molar refractivity (Wildman–Crippen MR) is 134 cm³/mol. The molecule has 2 aromatic carbocycles. The number of amides is 3. The van der Waals surface area contributed by atoms with Crippen LogP contribution in [-0.2, 0) is 19.5 Å². The van der Waals surface area contributed by atoms with Gasteiger partial charge in [-0.05, 0) is 60.2 Å². The molecule has 7 nitrogen and oxygen atoms in total. The summed E-state index contributed by atoms with van der Waals surface area (Å²) in [6.45, 7) is 4.58. The quantitative estimate of drug-likeness (QED) is 0.512. The number of carbonyl (C=O) groups excluding carboxylic acids is 3. The zero-order valence-corrected chi connectivity index (χ0v) is 20.6. The topological polar surface area (TPSA) is 78.9 Å². The van der Waals surface area contributed by atoms with E-state index in [9.17, 15) is 14.4 Å². The molecule has 1 unspecified atom stereocenters. The van der Waals surface area contributed by atoms with Gasteiger partial charge in [-0.1, -0.05) is 18.2 Å². The Labute approximate surface area is 208 Å². The summed E-state index contributed by atoms with van der Waals surface area (Å²) in [5, 5.41) is 5.18. The number of methoxy groups -OCH3 is 1. The summed E-state index contributed by atoms with van der Waals surface area (Å²) in [5.41, 5.74) is 3.25. The summed E-state index contributed by atoms with van der Waals surface area (Å²) < 4.78 is 5.42. The second kappa shape index (κ2) is 9.64. The average molecular weight is 490 g/mol. The van der Waals surface area contributed by atoms with E-state index in [1.165, 1.54) is 22.5 Å². The second-order valence-electron chi connectivity index (χ2n) is 8.93. The third kappa shape index (κ3) is 4.47. The van der Waals surface area contributed by atoms with Crippen molar-refractivity contribution < 1.29 is 19.1 Å². The summed E-state index contributed by atoms with van der Waals surface area (Å²) in [4.78, 5) is 43.6. The lowest BCUT2D eigenvalue weighted by Gasteiger charge is -2.32. The van der Waals surface area contributed by atoms with Crippen molar-refractivity contribution in [2.45, 2.75) is 32.5 Å². The minimum Gasteiger partial charge on any atom is -0.496 e. The summed E-state index contributed by atoms with van der Waals surface area (Å²) in [6.07, 6.45) is 1.04. The van der Waals surface area contributed by atoms with Crippen molar-refractivity contribution in [2.24, 2.45) is 0 Å². The Morgan fingerprint density at radius 1 is 1.11 bits per heavy atom. The molecule has 1 atom stereocenters.